The van der Waals surface area contributed by atoms with Gasteiger partial charge in [0.2, 0.25) is 5.91 Å². The maximum absolute atomic E-state index is 12.7. The van der Waals surface area contributed by atoms with Gasteiger partial charge in [-0.3, -0.25) is 9.59 Å². The van der Waals surface area contributed by atoms with Gasteiger partial charge in [-0.2, -0.15) is 0 Å². The first-order valence-electron chi connectivity index (χ1n) is 8.71. The first kappa shape index (κ1) is 18.5. The Hall–Kier alpha value is -1.30. The summed E-state index contributed by atoms with van der Waals surface area (Å²) in [7, 11) is 0. The molecule has 3 rings (SSSR count). The molecule has 2 saturated heterocycles. The van der Waals surface area contributed by atoms with Crippen LogP contribution in [0.2, 0.25) is 10.0 Å². The Morgan fingerprint density at radius 1 is 1.20 bits per heavy atom. The number of carbonyl (C=O) groups excluding carboxylic acids is 2. The highest BCUT2D eigenvalue weighted by Crippen LogP contribution is 2.28. The summed E-state index contributed by atoms with van der Waals surface area (Å²) in [4.78, 5) is 27.0. The molecule has 2 heterocycles. The van der Waals surface area contributed by atoms with Crippen molar-refractivity contribution in [2.24, 2.45) is 11.8 Å². The van der Waals surface area contributed by atoms with Crippen LogP contribution < -0.4 is 10.6 Å². The maximum atomic E-state index is 12.7. The Morgan fingerprint density at radius 2 is 1.84 bits per heavy atom. The van der Waals surface area contributed by atoms with Gasteiger partial charge in [-0.1, -0.05) is 29.3 Å². The van der Waals surface area contributed by atoms with Crippen LogP contribution in [-0.2, 0) is 4.79 Å². The van der Waals surface area contributed by atoms with E-state index in [1.54, 1.807) is 25.1 Å². The molecule has 0 spiro atoms. The Morgan fingerprint density at radius 3 is 2.48 bits per heavy atom. The fourth-order valence-electron chi connectivity index (χ4n) is 3.73. The van der Waals surface area contributed by atoms with E-state index in [-0.39, 0.29) is 22.4 Å². The van der Waals surface area contributed by atoms with Crippen LogP contribution in [-0.4, -0.2) is 48.9 Å². The van der Waals surface area contributed by atoms with E-state index in [9.17, 15) is 9.59 Å². The van der Waals surface area contributed by atoms with Gasteiger partial charge in [0.1, 0.15) is 6.04 Å². The molecule has 2 fully saturated rings. The van der Waals surface area contributed by atoms with E-state index in [1.165, 1.54) is 0 Å². The topological polar surface area (TPSA) is 61.4 Å². The number of hydrogen-bond donors (Lipinski definition) is 2. The van der Waals surface area contributed by atoms with Crippen LogP contribution in [0.4, 0.5) is 0 Å². The highest BCUT2D eigenvalue weighted by atomic mass is 35.5. The van der Waals surface area contributed by atoms with Crippen LogP contribution in [0.25, 0.3) is 0 Å². The molecular weight excluding hydrogens is 361 g/mol. The van der Waals surface area contributed by atoms with Gasteiger partial charge in [0.15, 0.2) is 0 Å². The van der Waals surface area contributed by atoms with Crippen molar-refractivity contribution >= 4 is 35.0 Å². The summed E-state index contributed by atoms with van der Waals surface area (Å²) >= 11 is 12.0. The minimum atomic E-state index is -0.599. The number of fused-ring (bicyclic) bond motifs is 1. The first-order valence-corrected chi connectivity index (χ1v) is 9.47. The molecule has 25 heavy (non-hydrogen) atoms. The second-order valence-corrected chi connectivity index (χ2v) is 7.66. The number of halogens is 2. The maximum Gasteiger partial charge on any atom is 0.253 e. The molecule has 0 radical (unpaired) electrons. The van der Waals surface area contributed by atoms with Crippen LogP contribution in [0.5, 0.6) is 0 Å². The number of nitrogens with one attached hydrogen (secondary N) is 2. The summed E-state index contributed by atoms with van der Waals surface area (Å²) in [5.74, 6) is 0.893. The van der Waals surface area contributed by atoms with Crippen molar-refractivity contribution < 1.29 is 9.59 Å². The first-order chi connectivity index (χ1) is 12.0. The third kappa shape index (κ3) is 4.10. The Balaban J connectivity index is 1.60. The second-order valence-electron chi connectivity index (χ2n) is 6.88. The molecule has 0 aliphatic carbocycles. The quantitative estimate of drug-likeness (QED) is 0.842. The van der Waals surface area contributed by atoms with Crippen molar-refractivity contribution in [3.8, 4) is 0 Å². The molecule has 0 saturated carbocycles. The fraction of sp³-hybridized carbons (Fsp3) is 0.556. The van der Waals surface area contributed by atoms with Crippen LogP contribution >= 0.6 is 23.2 Å². The third-order valence-corrected chi connectivity index (χ3v) is 6.06. The van der Waals surface area contributed by atoms with Gasteiger partial charge in [-0.05, 0) is 56.8 Å². The summed E-state index contributed by atoms with van der Waals surface area (Å²) in [6, 6.07) is 4.29. The monoisotopic (exact) mass is 383 g/mol. The summed E-state index contributed by atoms with van der Waals surface area (Å²) in [6.07, 6.45) is 2.04. The predicted molar refractivity (Wildman–Crippen MR) is 99.1 cm³/mol. The van der Waals surface area contributed by atoms with E-state index < -0.39 is 6.04 Å². The predicted octanol–water partition coefficient (Wildman–Crippen LogP) is 2.57. The van der Waals surface area contributed by atoms with Crippen molar-refractivity contribution in [3.05, 3.63) is 33.8 Å². The lowest BCUT2D eigenvalue weighted by atomic mass is 9.92. The molecule has 1 aromatic rings. The van der Waals surface area contributed by atoms with Crippen molar-refractivity contribution in [2.45, 2.75) is 25.8 Å². The molecule has 2 aliphatic heterocycles. The molecule has 2 N–H and O–H groups in total. The van der Waals surface area contributed by atoms with Crippen molar-refractivity contribution in [1.29, 1.82) is 0 Å². The summed E-state index contributed by atoms with van der Waals surface area (Å²) in [6.45, 7) is 5.31. The lowest BCUT2D eigenvalue weighted by molar-refractivity contribution is -0.132. The second kappa shape index (κ2) is 7.94. The van der Waals surface area contributed by atoms with Gasteiger partial charge in [-0.15, -0.1) is 0 Å². The van der Waals surface area contributed by atoms with Gasteiger partial charge < -0.3 is 15.5 Å². The van der Waals surface area contributed by atoms with E-state index in [0.29, 0.717) is 16.9 Å². The van der Waals surface area contributed by atoms with Gasteiger partial charge >= 0.3 is 0 Å². The van der Waals surface area contributed by atoms with Crippen LogP contribution in [0.3, 0.4) is 0 Å². The van der Waals surface area contributed by atoms with Crippen molar-refractivity contribution in [2.75, 3.05) is 26.2 Å². The summed E-state index contributed by atoms with van der Waals surface area (Å²) in [5, 5.41) is 6.70. The summed E-state index contributed by atoms with van der Waals surface area (Å²) < 4.78 is 0. The molecule has 1 unspecified atom stereocenters. The number of amides is 2. The van der Waals surface area contributed by atoms with E-state index in [0.717, 1.165) is 39.0 Å². The van der Waals surface area contributed by atoms with Gasteiger partial charge in [0.05, 0.1) is 15.6 Å². The summed E-state index contributed by atoms with van der Waals surface area (Å²) in [5.41, 5.74) is 0.283. The normalized spacial score (nSPS) is 24.4. The number of rotatable bonds is 3. The molecule has 3 atom stereocenters. The van der Waals surface area contributed by atoms with E-state index in [2.05, 4.69) is 10.6 Å². The number of benzene rings is 1. The molecule has 136 valence electrons. The van der Waals surface area contributed by atoms with Crippen LogP contribution in [0, 0.1) is 11.8 Å². The number of nitrogens with zero attached hydrogens (tertiary/aromatic N) is 1. The zero-order chi connectivity index (χ0) is 18.0. The molecular formula is C18H23Cl2N3O2. The molecule has 1 aromatic carbocycles. The standard InChI is InChI=1S/C18H23Cl2N3O2/c1-11(22-17(24)14-3-2-4-15(19)16(14)20)18(25)23-7-5-12-9-21-10-13(12)6-8-23/h2-4,11-13,21H,5-10H2,1H3,(H,22,24)/t11?,12-,13+. The highest BCUT2D eigenvalue weighted by molar-refractivity contribution is 6.43. The van der Waals surface area contributed by atoms with E-state index in [4.69, 9.17) is 23.2 Å². The minimum absolute atomic E-state index is 0.0422. The van der Waals surface area contributed by atoms with E-state index in [1.807, 2.05) is 4.90 Å². The highest BCUT2D eigenvalue weighted by Gasteiger charge is 2.32. The fourth-order valence-corrected chi connectivity index (χ4v) is 4.11. The van der Waals surface area contributed by atoms with Gasteiger partial charge in [0, 0.05) is 13.1 Å². The Bertz CT molecular complexity index is 654. The zero-order valence-electron chi connectivity index (χ0n) is 14.2. The number of likely N-dealkylation sites (tertiary alicyclic amines) is 1. The largest absolute Gasteiger partial charge is 0.341 e. The Labute approximate surface area is 158 Å². The third-order valence-electron chi connectivity index (χ3n) is 5.25. The molecule has 7 heteroatoms. The molecule has 2 aliphatic rings. The number of hydrogen-bond acceptors (Lipinski definition) is 3. The smallest absolute Gasteiger partial charge is 0.253 e. The van der Waals surface area contributed by atoms with Crippen LogP contribution in [0.15, 0.2) is 18.2 Å². The van der Waals surface area contributed by atoms with Crippen LogP contribution in [0.1, 0.15) is 30.1 Å². The average molecular weight is 384 g/mol. The minimum Gasteiger partial charge on any atom is -0.341 e. The molecule has 0 bridgehead atoms. The number of carbonyl (C=O) groups is 2. The lowest BCUT2D eigenvalue weighted by Gasteiger charge is -2.25. The zero-order valence-corrected chi connectivity index (χ0v) is 15.7. The molecule has 2 amide bonds. The van der Waals surface area contributed by atoms with Gasteiger partial charge in [-0.25, -0.2) is 0 Å². The Kier molecular flexibility index (Phi) is 5.87. The van der Waals surface area contributed by atoms with E-state index >= 15 is 0 Å². The molecule has 0 aromatic heterocycles. The average Bonchev–Trinajstić information content (AvgIpc) is 2.95. The lowest BCUT2D eigenvalue weighted by Crippen LogP contribution is -2.47. The van der Waals surface area contributed by atoms with Gasteiger partial charge in [0.25, 0.3) is 5.91 Å². The van der Waals surface area contributed by atoms with Crippen molar-refractivity contribution in [1.82, 2.24) is 15.5 Å². The molecule has 5 nitrogen and oxygen atoms in total. The van der Waals surface area contributed by atoms with Crippen molar-refractivity contribution in [3.63, 3.8) is 0 Å². The SMILES string of the molecule is CC(NC(=O)c1cccc(Cl)c1Cl)C(=O)N1CC[C@@H]2CNC[C@@H]2CC1.